The summed E-state index contributed by atoms with van der Waals surface area (Å²) in [7, 11) is 1.68. The summed E-state index contributed by atoms with van der Waals surface area (Å²) >= 11 is 0. The van der Waals surface area contributed by atoms with E-state index in [1.54, 1.807) is 13.3 Å². The van der Waals surface area contributed by atoms with Gasteiger partial charge in [-0.05, 0) is 19.1 Å². The molecular weight excluding hydrogens is 226 g/mol. The van der Waals surface area contributed by atoms with E-state index in [1.807, 2.05) is 25.1 Å². The smallest absolute Gasteiger partial charge is 0.142 e. The van der Waals surface area contributed by atoms with Crippen molar-refractivity contribution in [2.45, 2.75) is 6.92 Å². The third-order valence-electron chi connectivity index (χ3n) is 3.18. The molecule has 0 aliphatic carbocycles. The number of nitrogens with two attached hydrogens (primary N) is 1. The number of benzene rings is 1. The number of hydrogen-bond acceptors (Lipinski definition) is 2. The number of H-pyrrole nitrogens is 2. The largest absolute Gasteiger partial charge is 0.495 e. The van der Waals surface area contributed by atoms with Gasteiger partial charge in [-0.2, -0.15) is 0 Å². The van der Waals surface area contributed by atoms with Gasteiger partial charge < -0.3 is 20.4 Å². The maximum absolute atomic E-state index is 5.77. The molecule has 18 heavy (non-hydrogen) atoms. The van der Waals surface area contributed by atoms with E-state index in [-0.39, 0.29) is 0 Å². The van der Waals surface area contributed by atoms with Crippen LogP contribution in [0.2, 0.25) is 0 Å². The molecule has 4 heteroatoms. The Morgan fingerprint density at radius 3 is 2.78 bits per heavy atom. The van der Waals surface area contributed by atoms with Crippen molar-refractivity contribution in [1.82, 2.24) is 9.97 Å². The normalized spacial score (nSPS) is 11.0. The highest BCUT2D eigenvalue weighted by Crippen LogP contribution is 2.35. The Morgan fingerprint density at radius 1 is 1.28 bits per heavy atom. The van der Waals surface area contributed by atoms with E-state index in [1.165, 1.54) is 0 Å². The molecule has 0 spiro atoms. The maximum Gasteiger partial charge on any atom is 0.142 e. The topological polar surface area (TPSA) is 66.8 Å². The lowest BCUT2D eigenvalue weighted by molar-refractivity contribution is 0.419. The molecule has 3 aromatic rings. The summed E-state index contributed by atoms with van der Waals surface area (Å²) in [6.07, 6.45) is 1.80. The number of ether oxygens (including phenoxy) is 1. The highest BCUT2D eigenvalue weighted by atomic mass is 16.5. The van der Waals surface area contributed by atoms with Crippen LogP contribution >= 0.6 is 0 Å². The summed E-state index contributed by atoms with van der Waals surface area (Å²) in [5.74, 6) is 0.848. The number of nitrogen functional groups attached to an aromatic ring is 1. The minimum atomic E-state index is 0.738. The molecule has 0 fully saturated rings. The summed E-state index contributed by atoms with van der Waals surface area (Å²) in [5.41, 5.74) is 10.8. The van der Waals surface area contributed by atoms with Crippen LogP contribution in [0, 0.1) is 6.92 Å². The Morgan fingerprint density at radius 2 is 2.11 bits per heavy atom. The third kappa shape index (κ3) is 1.46. The number of hydrogen-bond donors (Lipinski definition) is 3. The molecule has 4 nitrogen and oxygen atoms in total. The Balaban J connectivity index is 2.33. The first-order chi connectivity index (χ1) is 8.70. The minimum Gasteiger partial charge on any atom is -0.495 e. The highest BCUT2D eigenvalue weighted by Gasteiger charge is 2.14. The minimum absolute atomic E-state index is 0.738. The van der Waals surface area contributed by atoms with E-state index in [2.05, 4.69) is 16.0 Å². The first-order valence-corrected chi connectivity index (χ1v) is 5.80. The van der Waals surface area contributed by atoms with E-state index in [4.69, 9.17) is 10.5 Å². The molecule has 2 heterocycles. The molecule has 0 radical (unpaired) electrons. The van der Waals surface area contributed by atoms with Crippen molar-refractivity contribution in [3.05, 3.63) is 36.2 Å². The van der Waals surface area contributed by atoms with Gasteiger partial charge in [0.15, 0.2) is 0 Å². The molecule has 0 unspecified atom stereocenters. The molecular formula is C14H15N3O. The Kier molecular flexibility index (Phi) is 2.30. The standard InChI is InChI=1S/C14H15N3O/c1-8-13(11-6-9(15)7-16-11)10-4-3-5-12(18-2)14(10)17-8/h3-7,16-17H,15H2,1-2H3. The van der Waals surface area contributed by atoms with Crippen LogP contribution in [-0.2, 0) is 0 Å². The number of rotatable bonds is 2. The highest BCUT2D eigenvalue weighted by molar-refractivity contribution is 5.99. The first kappa shape index (κ1) is 10.8. The second kappa shape index (κ2) is 3.84. The van der Waals surface area contributed by atoms with Crippen molar-refractivity contribution in [3.8, 4) is 17.0 Å². The molecule has 0 atom stereocenters. The molecule has 3 rings (SSSR count). The van der Waals surface area contributed by atoms with Crippen molar-refractivity contribution in [2.75, 3.05) is 12.8 Å². The van der Waals surface area contributed by atoms with Crippen LogP contribution in [0.15, 0.2) is 30.5 Å². The number of methoxy groups -OCH3 is 1. The second-order valence-corrected chi connectivity index (χ2v) is 4.35. The van der Waals surface area contributed by atoms with Gasteiger partial charge in [-0.15, -0.1) is 0 Å². The van der Waals surface area contributed by atoms with Crippen molar-refractivity contribution in [1.29, 1.82) is 0 Å². The molecule has 2 aromatic heterocycles. The molecule has 0 amide bonds. The van der Waals surface area contributed by atoms with E-state index in [9.17, 15) is 0 Å². The molecule has 0 saturated carbocycles. The van der Waals surface area contributed by atoms with Gasteiger partial charge in [0.1, 0.15) is 5.75 Å². The molecule has 4 N–H and O–H groups in total. The molecule has 0 bridgehead atoms. The van der Waals surface area contributed by atoms with Gasteiger partial charge in [0.25, 0.3) is 0 Å². The lowest BCUT2D eigenvalue weighted by Gasteiger charge is -2.01. The van der Waals surface area contributed by atoms with Crippen LogP contribution in [0.5, 0.6) is 5.75 Å². The Hall–Kier alpha value is -2.36. The van der Waals surface area contributed by atoms with Gasteiger partial charge in [-0.25, -0.2) is 0 Å². The van der Waals surface area contributed by atoms with Crippen molar-refractivity contribution in [3.63, 3.8) is 0 Å². The number of aromatic amines is 2. The zero-order valence-electron chi connectivity index (χ0n) is 10.4. The predicted molar refractivity (Wildman–Crippen MR) is 73.8 cm³/mol. The van der Waals surface area contributed by atoms with Crippen molar-refractivity contribution < 1.29 is 4.74 Å². The monoisotopic (exact) mass is 241 g/mol. The second-order valence-electron chi connectivity index (χ2n) is 4.35. The zero-order valence-corrected chi connectivity index (χ0v) is 10.4. The number of aryl methyl sites for hydroxylation is 1. The fourth-order valence-electron chi connectivity index (χ4n) is 2.39. The van der Waals surface area contributed by atoms with Crippen molar-refractivity contribution >= 4 is 16.6 Å². The van der Waals surface area contributed by atoms with Gasteiger partial charge in [0, 0.05) is 34.2 Å². The lowest BCUT2D eigenvalue weighted by Crippen LogP contribution is -1.83. The van der Waals surface area contributed by atoms with E-state index in [0.29, 0.717) is 0 Å². The molecule has 0 saturated heterocycles. The number of para-hydroxylation sites is 1. The average Bonchev–Trinajstić information content (AvgIpc) is 2.91. The predicted octanol–water partition coefficient (Wildman–Crippen LogP) is 3.06. The van der Waals surface area contributed by atoms with Crippen LogP contribution in [0.1, 0.15) is 5.69 Å². The number of aromatic nitrogens is 2. The van der Waals surface area contributed by atoms with Gasteiger partial charge >= 0.3 is 0 Å². The molecule has 0 aliphatic heterocycles. The van der Waals surface area contributed by atoms with Gasteiger partial charge in [-0.3, -0.25) is 0 Å². The molecule has 92 valence electrons. The number of nitrogens with one attached hydrogen (secondary N) is 2. The van der Waals surface area contributed by atoms with Gasteiger partial charge in [-0.1, -0.05) is 12.1 Å². The fourth-order valence-corrected chi connectivity index (χ4v) is 2.39. The summed E-state index contributed by atoms with van der Waals surface area (Å²) in [6, 6.07) is 7.96. The molecule has 0 aliphatic rings. The molecule has 1 aromatic carbocycles. The SMILES string of the molecule is COc1cccc2c(-c3cc(N)c[nH]3)c(C)[nH]c12. The van der Waals surface area contributed by atoms with Crippen LogP contribution < -0.4 is 10.5 Å². The number of fused-ring (bicyclic) bond motifs is 1. The summed E-state index contributed by atoms with van der Waals surface area (Å²) < 4.78 is 5.37. The average molecular weight is 241 g/mol. The van der Waals surface area contributed by atoms with Crippen LogP contribution in [0.3, 0.4) is 0 Å². The van der Waals surface area contributed by atoms with Gasteiger partial charge in [0.05, 0.1) is 12.6 Å². The number of anilines is 1. The zero-order chi connectivity index (χ0) is 12.7. The van der Waals surface area contributed by atoms with Crippen LogP contribution in [0.4, 0.5) is 5.69 Å². The Bertz CT molecular complexity index is 709. The van der Waals surface area contributed by atoms with Crippen molar-refractivity contribution in [2.24, 2.45) is 0 Å². The fraction of sp³-hybridized carbons (Fsp3) is 0.143. The summed E-state index contributed by atoms with van der Waals surface area (Å²) in [5, 5.41) is 1.13. The van der Waals surface area contributed by atoms with Crippen LogP contribution in [0.25, 0.3) is 22.2 Å². The lowest BCUT2D eigenvalue weighted by atomic mass is 10.1. The first-order valence-electron chi connectivity index (χ1n) is 5.80. The van der Waals surface area contributed by atoms with E-state index < -0.39 is 0 Å². The van der Waals surface area contributed by atoms with E-state index in [0.717, 1.165) is 39.3 Å². The van der Waals surface area contributed by atoms with Gasteiger partial charge in [0.2, 0.25) is 0 Å². The summed E-state index contributed by atoms with van der Waals surface area (Å²) in [6.45, 7) is 2.05. The van der Waals surface area contributed by atoms with E-state index >= 15 is 0 Å². The Labute approximate surface area is 105 Å². The van der Waals surface area contributed by atoms with Crippen LogP contribution in [-0.4, -0.2) is 17.1 Å². The summed E-state index contributed by atoms with van der Waals surface area (Å²) in [4.78, 5) is 6.56. The third-order valence-corrected chi connectivity index (χ3v) is 3.18. The maximum atomic E-state index is 5.77. The quantitative estimate of drug-likeness (QED) is 0.645.